The molecule has 1 heterocycles. The molecule has 0 saturated carbocycles. The van der Waals surface area contributed by atoms with E-state index in [0.29, 0.717) is 19.6 Å². The molecule has 0 bridgehead atoms. The molecule has 4 nitrogen and oxygen atoms in total. The second kappa shape index (κ2) is 9.97. The Hall–Kier alpha value is -2.33. The lowest BCUT2D eigenvalue weighted by Crippen LogP contribution is -2.23. The van der Waals surface area contributed by atoms with E-state index in [2.05, 4.69) is 34.5 Å². The highest BCUT2D eigenvalue weighted by Gasteiger charge is 2.11. The lowest BCUT2D eigenvalue weighted by Gasteiger charge is -2.14. The minimum absolute atomic E-state index is 0.0720. The van der Waals surface area contributed by atoms with Crippen LogP contribution in [0.4, 0.5) is 0 Å². The van der Waals surface area contributed by atoms with E-state index in [9.17, 15) is 4.79 Å². The third-order valence-electron chi connectivity index (χ3n) is 4.68. The molecule has 0 spiro atoms. The molecule has 138 valence electrons. The molecule has 1 saturated heterocycles. The summed E-state index contributed by atoms with van der Waals surface area (Å²) in [6.45, 7) is 4.61. The maximum Gasteiger partial charge on any atom is 0.220 e. The minimum Gasteiger partial charge on any atom is -0.494 e. The second-order valence-electron chi connectivity index (χ2n) is 6.84. The van der Waals surface area contributed by atoms with E-state index in [1.807, 2.05) is 30.3 Å². The molecule has 0 atom stereocenters. The van der Waals surface area contributed by atoms with Crippen LogP contribution in [0.1, 0.15) is 36.8 Å². The predicted molar refractivity (Wildman–Crippen MR) is 104 cm³/mol. The molecule has 2 aromatic carbocycles. The SMILES string of the molecule is O=C(CCCOc1ccccc1)NCc1ccc(CN2CCCC2)cc1. The first-order valence-corrected chi connectivity index (χ1v) is 9.54. The lowest BCUT2D eigenvalue weighted by molar-refractivity contribution is -0.121. The summed E-state index contributed by atoms with van der Waals surface area (Å²) in [4.78, 5) is 14.4. The van der Waals surface area contributed by atoms with Crippen LogP contribution in [0, 0.1) is 0 Å². The highest BCUT2D eigenvalue weighted by Crippen LogP contribution is 2.13. The van der Waals surface area contributed by atoms with Gasteiger partial charge in [0.15, 0.2) is 0 Å². The van der Waals surface area contributed by atoms with Crippen LogP contribution in [-0.2, 0) is 17.9 Å². The molecule has 0 radical (unpaired) electrons. The molecular weight excluding hydrogens is 324 g/mol. The first kappa shape index (κ1) is 18.5. The summed E-state index contributed by atoms with van der Waals surface area (Å²) in [7, 11) is 0. The van der Waals surface area contributed by atoms with Crippen molar-refractivity contribution in [2.24, 2.45) is 0 Å². The van der Waals surface area contributed by atoms with Gasteiger partial charge in [-0.1, -0.05) is 42.5 Å². The Morgan fingerprint density at radius 2 is 1.65 bits per heavy atom. The van der Waals surface area contributed by atoms with Gasteiger partial charge in [0.2, 0.25) is 5.91 Å². The van der Waals surface area contributed by atoms with Crippen LogP contribution in [0.25, 0.3) is 0 Å². The smallest absolute Gasteiger partial charge is 0.220 e. The highest BCUT2D eigenvalue weighted by atomic mass is 16.5. The zero-order valence-electron chi connectivity index (χ0n) is 15.3. The molecule has 26 heavy (non-hydrogen) atoms. The number of nitrogens with one attached hydrogen (secondary N) is 1. The molecule has 1 aliphatic rings. The van der Waals surface area contributed by atoms with Crippen LogP contribution >= 0.6 is 0 Å². The van der Waals surface area contributed by atoms with Gasteiger partial charge < -0.3 is 10.1 Å². The number of carbonyl (C=O) groups is 1. The van der Waals surface area contributed by atoms with Crippen molar-refractivity contribution < 1.29 is 9.53 Å². The fourth-order valence-electron chi connectivity index (χ4n) is 3.19. The number of amides is 1. The number of hydrogen-bond donors (Lipinski definition) is 1. The van der Waals surface area contributed by atoms with Crippen molar-refractivity contribution in [1.82, 2.24) is 10.2 Å². The van der Waals surface area contributed by atoms with Crippen molar-refractivity contribution in [1.29, 1.82) is 0 Å². The van der Waals surface area contributed by atoms with Gasteiger partial charge in [-0.15, -0.1) is 0 Å². The summed E-state index contributed by atoms with van der Waals surface area (Å²) in [6, 6.07) is 18.3. The lowest BCUT2D eigenvalue weighted by atomic mass is 10.1. The Morgan fingerprint density at radius 1 is 0.962 bits per heavy atom. The average Bonchev–Trinajstić information content (AvgIpc) is 3.19. The molecule has 0 aromatic heterocycles. The van der Waals surface area contributed by atoms with E-state index in [1.54, 1.807) is 0 Å². The fourth-order valence-corrected chi connectivity index (χ4v) is 3.19. The molecule has 4 heteroatoms. The topological polar surface area (TPSA) is 41.6 Å². The van der Waals surface area contributed by atoms with Gasteiger partial charge in [-0.25, -0.2) is 0 Å². The summed E-state index contributed by atoms with van der Waals surface area (Å²) in [5.41, 5.74) is 2.49. The standard InChI is InChI=1S/C22H28N2O2/c25-22(9-6-16-26-21-7-2-1-3-8-21)23-17-19-10-12-20(13-11-19)18-24-14-4-5-15-24/h1-3,7-8,10-13H,4-6,9,14-18H2,(H,23,25). The van der Waals surface area contributed by atoms with Gasteiger partial charge >= 0.3 is 0 Å². The van der Waals surface area contributed by atoms with Gasteiger partial charge in [-0.05, 0) is 55.6 Å². The van der Waals surface area contributed by atoms with Crippen molar-refractivity contribution in [3.05, 3.63) is 65.7 Å². The van der Waals surface area contributed by atoms with E-state index in [0.717, 1.165) is 24.3 Å². The largest absolute Gasteiger partial charge is 0.494 e. The van der Waals surface area contributed by atoms with Gasteiger partial charge in [0.1, 0.15) is 5.75 Å². The molecule has 1 amide bonds. The summed E-state index contributed by atoms with van der Waals surface area (Å²) < 4.78 is 5.60. The van der Waals surface area contributed by atoms with E-state index in [1.165, 1.54) is 31.5 Å². The van der Waals surface area contributed by atoms with Gasteiger partial charge in [-0.2, -0.15) is 0 Å². The monoisotopic (exact) mass is 352 g/mol. The molecular formula is C22H28N2O2. The molecule has 3 rings (SSSR count). The van der Waals surface area contributed by atoms with Crippen LogP contribution in [-0.4, -0.2) is 30.5 Å². The number of hydrogen-bond acceptors (Lipinski definition) is 3. The Kier molecular flexibility index (Phi) is 7.08. The van der Waals surface area contributed by atoms with Crippen LogP contribution in [0.3, 0.4) is 0 Å². The Morgan fingerprint density at radius 3 is 2.38 bits per heavy atom. The van der Waals surface area contributed by atoms with E-state index >= 15 is 0 Å². The first-order valence-electron chi connectivity index (χ1n) is 9.54. The van der Waals surface area contributed by atoms with Crippen LogP contribution in [0.2, 0.25) is 0 Å². The van der Waals surface area contributed by atoms with Crippen LogP contribution < -0.4 is 10.1 Å². The Labute approximate surface area is 156 Å². The number of likely N-dealkylation sites (tertiary alicyclic amines) is 1. The Bertz CT molecular complexity index is 664. The number of rotatable bonds is 9. The van der Waals surface area contributed by atoms with Crippen molar-refractivity contribution in [2.75, 3.05) is 19.7 Å². The number of carbonyl (C=O) groups excluding carboxylic acids is 1. The van der Waals surface area contributed by atoms with E-state index in [-0.39, 0.29) is 5.91 Å². The first-order chi connectivity index (χ1) is 12.8. The van der Waals surface area contributed by atoms with Crippen molar-refractivity contribution in [2.45, 2.75) is 38.8 Å². The molecule has 2 aromatic rings. The zero-order valence-corrected chi connectivity index (χ0v) is 15.3. The fraction of sp³-hybridized carbons (Fsp3) is 0.409. The van der Waals surface area contributed by atoms with Gasteiger partial charge in [0.05, 0.1) is 6.61 Å². The summed E-state index contributed by atoms with van der Waals surface area (Å²) in [5.74, 6) is 0.921. The number of nitrogens with zero attached hydrogens (tertiary/aromatic N) is 1. The molecule has 0 unspecified atom stereocenters. The van der Waals surface area contributed by atoms with Crippen LogP contribution in [0.15, 0.2) is 54.6 Å². The number of para-hydroxylation sites is 1. The maximum absolute atomic E-state index is 12.0. The maximum atomic E-state index is 12.0. The Balaban J connectivity index is 1.31. The number of benzene rings is 2. The predicted octanol–water partition coefficient (Wildman–Crippen LogP) is 3.76. The average molecular weight is 352 g/mol. The molecule has 1 N–H and O–H groups in total. The minimum atomic E-state index is 0.0720. The van der Waals surface area contributed by atoms with Crippen molar-refractivity contribution in [3.8, 4) is 5.75 Å². The van der Waals surface area contributed by atoms with Gasteiger partial charge in [-0.3, -0.25) is 9.69 Å². The zero-order chi connectivity index (χ0) is 18.0. The van der Waals surface area contributed by atoms with Crippen molar-refractivity contribution in [3.63, 3.8) is 0 Å². The third-order valence-corrected chi connectivity index (χ3v) is 4.68. The van der Waals surface area contributed by atoms with E-state index < -0.39 is 0 Å². The second-order valence-corrected chi connectivity index (χ2v) is 6.84. The summed E-state index contributed by atoms with van der Waals surface area (Å²) in [6.07, 6.45) is 3.84. The summed E-state index contributed by atoms with van der Waals surface area (Å²) >= 11 is 0. The molecule has 0 aliphatic carbocycles. The van der Waals surface area contributed by atoms with Crippen LogP contribution in [0.5, 0.6) is 5.75 Å². The van der Waals surface area contributed by atoms with Gasteiger partial charge in [0, 0.05) is 19.5 Å². The highest BCUT2D eigenvalue weighted by molar-refractivity contribution is 5.75. The molecule has 1 fully saturated rings. The quantitative estimate of drug-likeness (QED) is 0.699. The summed E-state index contributed by atoms with van der Waals surface area (Å²) in [5, 5.41) is 2.99. The van der Waals surface area contributed by atoms with Crippen molar-refractivity contribution >= 4 is 5.91 Å². The molecule has 1 aliphatic heterocycles. The number of ether oxygens (including phenoxy) is 1. The van der Waals surface area contributed by atoms with Gasteiger partial charge in [0.25, 0.3) is 0 Å². The third kappa shape index (κ3) is 6.19. The van der Waals surface area contributed by atoms with E-state index in [4.69, 9.17) is 4.74 Å². The normalized spacial score (nSPS) is 14.3.